The maximum absolute atomic E-state index is 12.4. The lowest BCUT2D eigenvalue weighted by Crippen LogP contribution is -2.38. The minimum absolute atomic E-state index is 0.0308. The van der Waals surface area contributed by atoms with E-state index in [-0.39, 0.29) is 5.56 Å². The van der Waals surface area contributed by atoms with Gasteiger partial charge in [-0.2, -0.15) is 0 Å². The zero-order valence-electron chi connectivity index (χ0n) is 17.0. The van der Waals surface area contributed by atoms with Crippen LogP contribution in [0.25, 0.3) is 10.9 Å². The Hall–Kier alpha value is -2.75. The van der Waals surface area contributed by atoms with Crippen LogP contribution in [-0.2, 0) is 6.54 Å². The first-order valence-electron chi connectivity index (χ1n) is 10.2. The molecule has 0 amide bonds. The van der Waals surface area contributed by atoms with Crippen molar-refractivity contribution in [1.82, 2.24) is 4.98 Å². The number of hydrogen-bond acceptors (Lipinski definition) is 3. The second kappa shape index (κ2) is 7.70. The maximum atomic E-state index is 12.4. The molecule has 1 aliphatic heterocycles. The molecule has 4 nitrogen and oxygen atoms in total. The molecule has 0 unspecified atom stereocenters. The summed E-state index contributed by atoms with van der Waals surface area (Å²) in [6.07, 6.45) is 1.32. The van der Waals surface area contributed by atoms with E-state index in [1.807, 2.05) is 18.2 Å². The minimum atomic E-state index is -0.0308. The number of fused-ring (bicyclic) bond motifs is 1. The number of anilines is 2. The van der Waals surface area contributed by atoms with Gasteiger partial charge in [0.25, 0.3) is 5.56 Å². The highest BCUT2D eigenvalue weighted by Gasteiger charge is 2.21. The highest BCUT2D eigenvalue weighted by atomic mass is 16.1. The van der Waals surface area contributed by atoms with Crippen LogP contribution in [0, 0.1) is 18.8 Å². The van der Waals surface area contributed by atoms with E-state index in [0.717, 1.165) is 47.1 Å². The first-order chi connectivity index (χ1) is 13.5. The Morgan fingerprint density at radius 3 is 2.46 bits per heavy atom. The van der Waals surface area contributed by atoms with Crippen molar-refractivity contribution in [3.63, 3.8) is 0 Å². The third kappa shape index (κ3) is 4.06. The second-order valence-electron chi connectivity index (χ2n) is 8.47. The van der Waals surface area contributed by atoms with Crippen LogP contribution in [0.3, 0.4) is 0 Å². The molecule has 4 rings (SSSR count). The number of nitrogens with zero attached hydrogens (tertiary/aromatic N) is 1. The molecular formula is C24H29N3O. The summed E-state index contributed by atoms with van der Waals surface area (Å²) < 4.78 is 0. The number of aromatic amines is 1. The number of piperidine rings is 1. The lowest BCUT2D eigenvalue weighted by molar-refractivity contribution is 0.357. The van der Waals surface area contributed by atoms with Crippen molar-refractivity contribution in [1.29, 1.82) is 0 Å². The normalized spacial score (nSPS) is 19.8. The number of nitrogens with one attached hydrogen (secondary N) is 2. The Kier molecular flexibility index (Phi) is 5.12. The molecule has 0 bridgehead atoms. The average Bonchev–Trinajstić information content (AvgIpc) is 2.66. The van der Waals surface area contributed by atoms with E-state index >= 15 is 0 Å². The molecule has 0 spiro atoms. The summed E-state index contributed by atoms with van der Waals surface area (Å²) in [5, 5.41) is 4.46. The first kappa shape index (κ1) is 18.6. The van der Waals surface area contributed by atoms with Crippen molar-refractivity contribution in [2.24, 2.45) is 11.8 Å². The molecule has 2 atom stereocenters. The van der Waals surface area contributed by atoms with Gasteiger partial charge in [0.15, 0.2) is 0 Å². The summed E-state index contributed by atoms with van der Waals surface area (Å²) in [5.41, 5.74) is 5.11. The van der Waals surface area contributed by atoms with E-state index in [4.69, 9.17) is 0 Å². The Labute approximate surface area is 166 Å². The van der Waals surface area contributed by atoms with Gasteiger partial charge in [0, 0.05) is 42.1 Å². The van der Waals surface area contributed by atoms with E-state index in [2.05, 4.69) is 66.3 Å². The van der Waals surface area contributed by atoms with Crippen molar-refractivity contribution >= 4 is 22.3 Å². The summed E-state index contributed by atoms with van der Waals surface area (Å²) in [6, 6.07) is 16.6. The van der Waals surface area contributed by atoms with Crippen molar-refractivity contribution in [2.75, 3.05) is 23.3 Å². The smallest absolute Gasteiger partial charge is 0.253 e. The molecule has 1 aliphatic rings. The zero-order valence-corrected chi connectivity index (χ0v) is 17.0. The predicted octanol–water partition coefficient (Wildman–Crippen LogP) is 4.93. The predicted molar refractivity (Wildman–Crippen MR) is 118 cm³/mol. The molecule has 1 aromatic heterocycles. The number of benzene rings is 2. The summed E-state index contributed by atoms with van der Waals surface area (Å²) in [5.74, 6) is 1.48. The molecular weight excluding hydrogens is 346 g/mol. The lowest BCUT2D eigenvalue weighted by Gasteiger charge is -2.36. The Morgan fingerprint density at radius 1 is 1.04 bits per heavy atom. The van der Waals surface area contributed by atoms with Crippen LogP contribution in [0.1, 0.15) is 31.4 Å². The van der Waals surface area contributed by atoms with Gasteiger partial charge in [0.1, 0.15) is 0 Å². The second-order valence-corrected chi connectivity index (χ2v) is 8.47. The number of aromatic nitrogens is 1. The molecule has 3 aromatic rings. The van der Waals surface area contributed by atoms with Crippen LogP contribution in [0.2, 0.25) is 0 Å². The Bertz CT molecular complexity index is 1010. The summed E-state index contributed by atoms with van der Waals surface area (Å²) in [4.78, 5) is 17.8. The number of H-pyrrole nitrogens is 1. The van der Waals surface area contributed by atoms with Gasteiger partial charge >= 0.3 is 0 Å². The van der Waals surface area contributed by atoms with E-state index < -0.39 is 0 Å². The van der Waals surface area contributed by atoms with E-state index in [1.165, 1.54) is 17.7 Å². The number of hydrogen-bond donors (Lipinski definition) is 2. The molecule has 28 heavy (non-hydrogen) atoms. The topological polar surface area (TPSA) is 48.1 Å². The van der Waals surface area contributed by atoms with Crippen LogP contribution in [0.15, 0.2) is 53.3 Å². The fraction of sp³-hybridized carbons (Fsp3) is 0.375. The molecule has 0 radical (unpaired) electrons. The third-order valence-corrected chi connectivity index (χ3v) is 5.66. The Morgan fingerprint density at radius 2 is 1.75 bits per heavy atom. The van der Waals surface area contributed by atoms with E-state index in [9.17, 15) is 4.79 Å². The molecule has 4 heteroatoms. The summed E-state index contributed by atoms with van der Waals surface area (Å²) >= 11 is 0. The van der Waals surface area contributed by atoms with Gasteiger partial charge in [-0.1, -0.05) is 25.5 Å². The first-order valence-corrected chi connectivity index (χ1v) is 10.2. The van der Waals surface area contributed by atoms with Gasteiger partial charge in [-0.25, -0.2) is 0 Å². The third-order valence-electron chi connectivity index (χ3n) is 5.66. The molecule has 2 aromatic carbocycles. The van der Waals surface area contributed by atoms with Crippen LogP contribution < -0.4 is 15.8 Å². The Balaban J connectivity index is 1.46. The largest absolute Gasteiger partial charge is 0.381 e. The zero-order chi connectivity index (χ0) is 19.7. The summed E-state index contributed by atoms with van der Waals surface area (Å²) in [7, 11) is 0. The highest BCUT2D eigenvalue weighted by Crippen LogP contribution is 2.27. The van der Waals surface area contributed by atoms with Crippen molar-refractivity contribution < 1.29 is 0 Å². The summed E-state index contributed by atoms with van der Waals surface area (Å²) in [6.45, 7) is 9.50. The maximum Gasteiger partial charge on any atom is 0.253 e. The molecule has 0 aliphatic carbocycles. The molecule has 146 valence electrons. The van der Waals surface area contributed by atoms with Crippen LogP contribution in [0.4, 0.5) is 11.4 Å². The van der Waals surface area contributed by atoms with Crippen LogP contribution >= 0.6 is 0 Å². The van der Waals surface area contributed by atoms with E-state index in [0.29, 0.717) is 6.54 Å². The number of pyridine rings is 1. The highest BCUT2D eigenvalue weighted by molar-refractivity contribution is 5.79. The molecule has 1 fully saturated rings. The lowest BCUT2D eigenvalue weighted by atomic mass is 9.91. The standard InChI is InChI=1S/C24H29N3O/c1-16-4-9-23-19(11-16)12-20(24(28)26-23)13-25-21-5-7-22(8-6-21)27-14-17(2)10-18(3)15-27/h4-9,11-12,17-18,25H,10,13-15H2,1-3H3,(H,26,28)/t17-,18+. The van der Waals surface area contributed by atoms with Crippen molar-refractivity contribution in [2.45, 2.75) is 33.7 Å². The fourth-order valence-electron chi connectivity index (χ4n) is 4.36. The van der Waals surface area contributed by atoms with Crippen LogP contribution in [0.5, 0.6) is 0 Å². The quantitative estimate of drug-likeness (QED) is 0.680. The van der Waals surface area contributed by atoms with Crippen LogP contribution in [-0.4, -0.2) is 18.1 Å². The minimum Gasteiger partial charge on any atom is -0.381 e. The van der Waals surface area contributed by atoms with Gasteiger partial charge in [-0.3, -0.25) is 4.79 Å². The monoisotopic (exact) mass is 375 g/mol. The molecule has 2 N–H and O–H groups in total. The molecule has 1 saturated heterocycles. The average molecular weight is 376 g/mol. The van der Waals surface area contributed by atoms with Crippen molar-refractivity contribution in [3.8, 4) is 0 Å². The molecule has 0 saturated carbocycles. The van der Waals surface area contributed by atoms with Gasteiger partial charge < -0.3 is 15.2 Å². The SMILES string of the molecule is Cc1ccc2[nH]c(=O)c(CNc3ccc(N4C[C@H](C)C[C@H](C)C4)cc3)cc2c1. The van der Waals surface area contributed by atoms with Gasteiger partial charge in [-0.15, -0.1) is 0 Å². The van der Waals surface area contributed by atoms with Gasteiger partial charge in [-0.05, 0) is 73.0 Å². The van der Waals surface area contributed by atoms with E-state index in [1.54, 1.807) is 0 Å². The number of aryl methyl sites for hydroxylation is 1. The number of rotatable bonds is 4. The molecule has 2 heterocycles. The fourth-order valence-corrected chi connectivity index (χ4v) is 4.36. The van der Waals surface area contributed by atoms with Crippen molar-refractivity contribution in [3.05, 3.63) is 70.0 Å². The van der Waals surface area contributed by atoms with Gasteiger partial charge in [0.2, 0.25) is 0 Å². The van der Waals surface area contributed by atoms with Gasteiger partial charge in [0.05, 0.1) is 0 Å².